The molecule has 1 heterocycles. The van der Waals surface area contributed by atoms with Crippen molar-refractivity contribution in [2.45, 2.75) is 38.7 Å². The number of thioether (sulfide) groups is 1. The molecule has 6 nitrogen and oxygen atoms in total. The number of imide groups is 1. The van der Waals surface area contributed by atoms with Crippen LogP contribution in [-0.4, -0.2) is 41.7 Å². The van der Waals surface area contributed by atoms with E-state index < -0.39 is 17.8 Å². The molecule has 0 spiro atoms. The van der Waals surface area contributed by atoms with Crippen molar-refractivity contribution >= 4 is 34.9 Å². The topological polar surface area (TPSA) is 75.7 Å². The van der Waals surface area contributed by atoms with Crippen molar-refractivity contribution in [3.05, 3.63) is 34.7 Å². The lowest BCUT2D eigenvalue weighted by Gasteiger charge is -2.21. The van der Waals surface area contributed by atoms with Crippen molar-refractivity contribution in [3.63, 3.8) is 0 Å². The van der Waals surface area contributed by atoms with E-state index in [4.69, 9.17) is 0 Å². The minimum absolute atomic E-state index is 0.0129. The molecule has 1 aliphatic carbocycles. The Morgan fingerprint density at radius 3 is 2.55 bits per heavy atom. The number of nitrogens with one attached hydrogen (secondary N) is 1. The van der Waals surface area contributed by atoms with Gasteiger partial charge in [0, 0.05) is 19.0 Å². The number of rotatable bonds is 7. The predicted octanol–water partition coefficient (Wildman–Crippen LogP) is 4.02. The first-order chi connectivity index (χ1) is 13.9. The van der Waals surface area contributed by atoms with Gasteiger partial charge in [-0.05, 0) is 48.4 Å². The van der Waals surface area contributed by atoms with Gasteiger partial charge in [-0.15, -0.1) is 0 Å². The zero-order valence-corrected chi connectivity index (χ0v) is 16.6. The maximum atomic E-state index is 12.5. The smallest absolute Gasteiger partial charge is 0.387 e. The van der Waals surface area contributed by atoms with Crippen molar-refractivity contribution in [3.8, 4) is 5.75 Å². The summed E-state index contributed by atoms with van der Waals surface area (Å²) < 4.78 is 28.7. The van der Waals surface area contributed by atoms with Crippen LogP contribution >= 0.6 is 11.8 Å². The highest BCUT2D eigenvalue weighted by Gasteiger charge is 2.34. The first-order valence-corrected chi connectivity index (χ1v) is 10.3. The highest BCUT2D eigenvalue weighted by atomic mass is 32.2. The van der Waals surface area contributed by atoms with Gasteiger partial charge < -0.3 is 10.1 Å². The minimum Gasteiger partial charge on any atom is -0.435 e. The van der Waals surface area contributed by atoms with Crippen LogP contribution < -0.4 is 10.1 Å². The van der Waals surface area contributed by atoms with E-state index in [9.17, 15) is 23.2 Å². The van der Waals surface area contributed by atoms with Crippen molar-refractivity contribution in [2.24, 2.45) is 5.92 Å². The molecule has 1 saturated heterocycles. The molecule has 2 fully saturated rings. The number of ether oxygens (including phenoxy) is 1. The average Bonchev–Trinajstić information content (AvgIpc) is 2.97. The largest absolute Gasteiger partial charge is 0.435 e. The van der Waals surface area contributed by atoms with Crippen LogP contribution in [-0.2, 0) is 9.59 Å². The summed E-state index contributed by atoms with van der Waals surface area (Å²) in [5.41, 5.74) is 0.586. The normalized spacial score (nSPS) is 19.3. The van der Waals surface area contributed by atoms with Gasteiger partial charge in [0.05, 0.1) is 4.91 Å². The molecule has 1 aromatic rings. The number of carbonyl (C=O) groups excluding carboxylic acids is 3. The molecule has 1 N–H and O–H groups in total. The second kappa shape index (κ2) is 9.87. The van der Waals surface area contributed by atoms with Gasteiger partial charge in [0.2, 0.25) is 5.91 Å². The first kappa shape index (κ1) is 21.3. The Morgan fingerprint density at radius 1 is 1.21 bits per heavy atom. The number of halogens is 2. The Kier molecular flexibility index (Phi) is 7.24. The molecule has 1 saturated carbocycles. The molecule has 3 amide bonds. The molecule has 1 aliphatic heterocycles. The lowest BCUT2D eigenvalue weighted by molar-refractivity contribution is -0.127. The maximum absolute atomic E-state index is 12.5. The summed E-state index contributed by atoms with van der Waals surface area (Å²) in [7, 11) is 0. The van der Waals surface area contributed by atoms with E-state index in [2.05, 4.69) is 10.1 Å². The van der Waals surface area contributed by atoms with Crippen LogP contribution in [0, 0.1) is 5.92 Å². The van der Waals surface area contributed by atoms with Gasteiger partial charge in [-0.2, -0.15) is 8.78 Å². The van der Waals surface area contributed by atoms with Crippen molar-refractivity contribution in [1.82, 2.24) is 10.2 Å². The van der Waals surface area contributed by atoms with Crippen molar-refractivity contribution in [1.29, 1.82) is 0 Å². The van der Waals surface area contributed by atoms with Crippen LogP contribution in [0.5, 0.6) is 5.75 Å². The fourth-order valence-corrected chi connectivity index (χ4v) is 4.25. The zero-order valence-electron chi connectivity index (χ0n) is 15.7. The Labute approximate surface area is 171 Å². The minimum atomic E-state index is -2.91. The van der Waals surface area contributed by atoms with E-state index in [0.29, 0.717) is 5.56 Å². The van der Waals surface area contributed by atoms with Crippen LogP contribution in [0.15, 0.2) is 29.2 Å². The molecular weight excluding hydrogens is 402 g/mol. The second-order valence-corrected chi connectivity index (χ2v) is 7.90. The second-order valence-electron chi connectivity index (χ2n) is 6.91. The number of nitrogens with zero attached hydrogens (tertiary/aromatic N) is 1. The molecule has 2 aliphatic rings. The molecule has 0 aromatic heterocycles. The summed E-state index contributed by atoms with van der Waals surface area (Å²) >= 11 is 0.813. The van der Waals surface area contributed by atoms with Gasteiger partial charge in [0.15, 0.2) is 0 Å². The SMILES string of the molecule is O=C(NCCN1C(=O)S/C(=C\c2ccc(OC(F)F)cc2)C1=O)C1CCCCC1. The molecule has 9 heteroatoms. The van der Waals surface area contributed by atoms with Crippen LogP contribution in [0.4, 0.5) is 13.6 Å². The number of carbonyl (C=O) groups is 3. The number of alkyl halides is 2. The number of amides is 3. The average molecular weight is 424 g/mol. The highest BCUT2D eigenvalue weighted by Crippen LogP contribution is 2.32. The number of benzene rings is 1. The van der Waals surface area contributed by atoms with E-state index in [0.717, 1.165) is 48.8 Å². The third kappa shape index (κ3) is 5.79. The molecule has 156 valence electrons. The van der Waals surface area contributed by atoms with Gasteiger partial charge in [-0.25, -0.2) is 0 Å². The summed E-state index contributed by atoms with van der Waals surface area (Å²) in [5, 5.41) is 2.42. The number of hydrogen-bond donors (Lipinski definition) is 1. The van der Waals surface area contributed by atoms with Crippen molar-refractivity contribution < 1.29 is 27.9 Å². The quantitative estimate of drug-likeness (QED) is 0.669. The molecule has 0 unspecified atom stereocenters. The molecule has 0 radical (unpaired) electrons. The van der Waals surface area contributed by atoms with Crippen LogP contribution in [0.3, 0.4) is 0 Å². The van der Waals surface area contributed by atoms with E-state index >= 15 is 0 Å². The molecule has 29 heavy (non-hydrogen) atoms. The standard InChI is InChI=1S/C20H22F2N2O4S/c21-19(22)28-15-8-6-13(7-9-15)12-16-18(26)24(20(27)29-16)11-10-23-17(25)14-4-2-1-3-5-14/h6-9,12,14,19H,1-5,10-11H2,(H,23,25)/b16-12-. The van der Waals surface area contributed by atoms with Crippen LogP contribution in [0.25, 0.3) is 6.08 Å². The Bertz CT molecular complexity index is 792. The van der Waals surface area contributed by atoms with Gasteiger partial charge >= 0.3 is 6.61 Å². The molecule has 1 aromatic carbocycles. The Morgan fingerprint density at radius 2 is 1.90 bits per heavy atom. The summed E-state index contributed by atoms with van der Waals surface area (Å²) in [5.74, 6) is -0.410. The van der Waals surface area contributed by atoms with Gasteiger partial charge in [0.1, 0.15) is 5.75 Å². The van der Waals surface area contributed by atoms with Gasteiger partial charge in [0.25, 0.3) is 11.1 Å². The predicted molar refractivity (Wildman–Crippen MR) is 105 cm³/mol. The van der Waals surface area contributed by atoms with E-state index in [1.54, 1.807) is 0 Å². The molecule has 3 rings (SSSR count). The summed E-state index contributed by atoms with van der Waals surface area (Å²) in [4.78, 5) is 38.1. The van der Waals surface area contributed by atoms with E-state index in [1.807, 2.05) is 0 Å². The van der Waals surface area contributed by atoms with E-state index in [1.165, 1.54) is 30.3 Å². The monoisotopic (exact) mass is 424 g/mol. The van der Waals surface area contributed by atoms with Gasteiger partial charge in [-0.1, -0.05) is 31.4 Å². The molecule has 0 atom stereocenters. The molecule has 0 bridgehead atoms. The fraction of sp³-hybridized carbons (Fsp3) is 0.450. The van der Waals surface area contributed by atoms with E-state index in [-0.39, 0.29) is 35.6 Å². The summed E-state index contributed by atoms with van der Waals surface area (Å²) in [6.45, 7) is -2.57. The Hall–Kier alpha value is -2.42. The van der Waals surface area contributed by atoms with Crippen molar-refractivity contribution in [2.75, 3.05) is 13.1 Å². The summed E-state index contributed by atoms with van der Waals surface area (Å²) in [6.07, 6.45) is 6.57. The zero-order chi connectivity index (χ0) is 20.8. The lowest BCUT2D eigenvalue weighted by Crippen LogP contribution is -2.39. The summed E-state index contributed by atoms with van der Waals surface area (Å²) in [6, 6.07) is 5.78. The fourth-order valence-electron chi connectivity index (χ4n) is 3.39. The third-order valence-electron chi connectivity index (χ3n) is 4.89. The Balaban J connectivity index is 1.53. The first-order valence-electron chi connectivity index (χ1n) is 9.52. The number of hydrogen-bond acceptors (Lipinski definition) is 5. The van der Waals surface area contributed by atoms with Crippen LogP contribution in [0.1, 0.15) is 37.7 Å². The van der Waals surface area contributed by atoms with Crippen LogP contribution in [0.2, 0.25) is 0 Å². The third-order valence-corrected chi connectivity index (χ3v) is 5.79. The van der Waals surface area contributed by atoms with Gasteiger partial charge in [-0.3, -0.25) is 19.3 Å². The lowest BCUT2D eigenvalue weighted by atomic mass is 9.89. The maximum Gasteiger partial charge on any atom is 0.387 e. The molecular formula is C20H22F2N2O4S. The highest BCUT2D eigenvalue weighted by molar-refractivity contribution is 8.18.